The van der Waals surface area contributed by atoms with Crippen molar-refractivity contribution in [1.29, 1.82) is 0 Å². The zero-order valence-electron chi connectivity index (χ0n) is 9.17. The largest absolute Gasteiger partial charge is 0.361 e. The minimum atomic E-state index is 1.15. The lowest BCUT2D eigenvalue weighted by Crippen LogP contribution is -2.38. The van der Waals surface area contributed by atoms with Gasteiger partial charge in [-0.1, -0.05) is 15.9 Å². The first-order valence-corrected chi connectivity index (χ1v) is 6.60. The third-order valence-electron chi connectivity index (χ3n) is 3.38. The summed E-state index contributed by atoms with van der Waals surface area (Å²) in [6.45, 7) is 3.76. The molecule has 0 atom stereocenters. The molecule has 0 radical (unpaired) electrons. The van der Waals surface area contributed by atoms with Crippen LogP contribution in [0.5, 0.6) is 0 Å². The van der Waals surface area contributed by atoms with E-state index < -0.39 is 0 Å². The molecule has 0 amide bonds. The maximum absolute atomic E-state index is 3.53. The third kappa shape index (κ3) is 1.89. The first-order valence-electron chi connectivity index (χ1n) is 5.81. The molecule has 3 heteroatoms. The number of rotatable bonds is 3. The predicted octanol–water partition coefficient (Wildman–Crippen LogP) is 3.18. The second-order valence-corrected chi connectivity index (χ2v) is 5.36. The summed E-state index contributed by atoms with van der Waals surface area (Å²) in [5.74, 6) is 0. The van der Waals surface area contributed by atoms with Crippen molar-refractivity contribution >= 4 is 26.8 Å². The quantitative estimate of drug-likeness (QED) is 0.914. The first kappa shape index (κ1) is 10.4. The van der Waals surface area contributed by atoms with Gasteiger partial charge in [0, 0.05) is 28.1 Å². The molecule has 0 saturated carbocycles. The van der Waals surface area contributed by atoms with Crippen LogP contribution in [-0.4, -0.2) is 29.5 Å². The Hall–Kier alpha value is -0.800. The van der Waals surface area contributed by atoms with E-state index >= 15 is 0 Å². The molecule has 0 aliphatic carbocycles. The van der Waals surface area contributed by atoms with Crippen molar-refractivity contribution in [2.75, 3.05) is 19.6 Å². The van der Waals surface area contributed by atoms with E-state index in [9.17, 15) is 0 Å². The monoisotopic (exact) mass is 278 g/mol. The lowest BCUT2D eigenvalue weighted by molar-refractivity contribution is 0.184. The summed E-state index contributed by atoms with van der Waals surface area (Å²) in [6.07, 6.45) is 4.67. The van der Waals surface area contributed by atoms with Crippen LogP contribution in [0.4, 0.5) is 0 Å². The van der Waals surface area contributed by atoms with Crippen molar-refractivity contribution in [3.05, 3.63) is 34.4 Å². The number of nitrogens with one attached hydrogen (secondary N) is 1. The molecule has 1 saturated heterocycles. The molecule has 16 heavy (non-hydrogen) atoms. The van der Waals surface area contributed by atoms with Crippen LogP contribution >= 0.6 is 15.9 Å². The normalized spacial score (nSPS) is 16.6. The van der Waals surface area contributed by atoms with Gasteiger partial charge in [-0.2, -0.15) is 0 Å². The maximum Gasteiger partial charge on any atom is 0.0457 e. The number of hydrogen-bond donors (Lipinski definition) is 1. The van der Waals surface area contributed by atoms with Crippen molar-refractivity contribution in [3.8, 4) is 0 Å². The lowest BCUT2D eigenvalue weighted by Gasteiger charge is -2.30. The number of hydrogen-bond acceptors (Lipinski definition) is 1. The molecule has 84 valence electrons. The summed E-state index contributed by atoms with van der Waals surface area (Å²) in [6, 6.07) is 6.42. The maximum atomic E-state index is 3.53. The molecule has 2 aromatic rings. The van der Waals surface area contributed by atoms with Gasteiger partial charge >= 0.3 is 0 Å². The molecule has 3 rings (SSSR count). The highest BCUT2D eigenvalue weighted by Gasteiger charge is 2.13. The van der Waals surface area contributed by atoms with Gasteiger partial charge in [0.25, 0.3) is 0 Å². The number of benzene rings is 1. The summed E-state index contributed by atoms with van der Waals surface area (Å²) >= 11 is 3.53. The molecular formula is C13H15BrN2. The van der Waals surface area contributed by atoms with Gasteiger partial charge in [-0.15, -0.1) is 0 Å². The summed E-state index contributed by atoms with van der Waals surface area (Å²) in [4.78, 5) is 5.85. The Bertz CT molecular complexity index is 500. The minimum absolute atomic E-state index is 1.15. The van der Waals surface area contributed by atoms with Crippen molar-refractivity contribution in [2.45, 2.75) is 12.8 Å². The van der Waals surface area contributed by atoms with Crippen LogP contribution in [0.25, 0.3) is 10.9 Å². The van der Waals surface area contributed by atoms with E-state index in [-0.39, 0.29) is 0 Å². The standard InChI is InChI=1S/C13H15BrN2/c14-11-2-3-13-12(8-11)10(9-15-13)4-7-16-5-1-6-16/h2-3,8-9,15H,1,4-7H2. The molecule has 1 fully saturated rings. The number of fused-ring (bicyclic) bond motifs is 1. The van der Waals surface area contributed by atoms with Gasteiger partial charge in [0.05, 0.1) is 0 Å². The second kappa shape index (κ2) is 4.22. The fourth-order valence-corrected chi connectivity index (χ4v) is 2.60. The van der Waals surface area contributed by atoms with Crippen molar-refractivity contribution in [2.24, 2.45) is 0 Å². The Labute approximate surface area is 104 Å². The molecule has 0 spiro atoms. The number of halogens is 1. The summed E-state index contributed by atoms with van der Waals surface area (Å²) < 4.78 is 1.16. The Balaban J connectivity index is 1.82. The van der Waals surface area contributed by atoms with Crippen LogP contribution in [0.2, 0.25) is 0 Å². The average molecular weight is 279 g/mol. The van der Waals surface area contributed by atoms with Crippen LogP contribution in [0.3, 0.4) is 0 Å². The van der Waals surface area contributed by atoms with Crippen molar-refractivity contribution in [1.82, 2.24) is 9.88 Å². The summed E-state index contributed by atoms with van der Waals surface area (Å²) in [7, 11) is 0. The van der Waals surface area contributed by atoms with E-state index in [0.29, 0.717) is 0 Å². The number of aromatic nitrogens is 1. The zero-order chi connectivity index (χ0) is 11.0. The molecule has 1 aromatic carbocycles. The van der Waals surface area contributed by atoms with Crippen molar-refractivity contribution < 1.29 is 0 Å². The highest BCUT2D eigenvalue weighted by molar-refractivity contribution is 9.10. The van der Waals surface area contributed by atoms with Crippen LogP contribution in [0.15, 0.2) is 28.9 Å². The summed E-state index contributed by atoms with van der Waals surface area (Å²) in [5, 5.41) is 1.36. The van der Waals surface area contributed by atoms with Crippen LogP contribution < -0.4 is 0 Å². The van der Waals surface area contributed by atoms with Gasteiger partial charge < -0.3 is 9.88 Å². The molecule has 2 nitrogen and oxygen atoms in total. The smallest absolute Gasteiger partial charge is 0.0457 e. The third-order valence-corrected chi connectivity index (χ3v) is 3.87. The second-order valence-electron chi connectivity index (χ2n) is 4.45. The Kier molecular flexibility index (Phi) is 2.74. The molecular weight excluding hydrogens is 264 g/mol. The molecule has 0 bridgehead atoms. The Morgan fingerprint density at radius 3 is 2.94 bits per heavy atom. The molecule has 0 unspecified atom stereocenters. The van der Waals surface area contributed by atoms with E-state index in [0.717, 1.165) is 10.9 Å². The molecule has 1 aromatic heterocycles. The van der Waals surface area contributed by atoms with Crippen LogP contribution in [0, 0.1) is 0 Å². The highest BCUT2D eigenvalue weighted by Crippen LogP contribution is 2.23. The zero-order valence-corrected chi connectivity index (χ0v) is 10.8. The topological polar surface area (TPSA) is 19.0 Å². The lowest BCUT2D eigenvalue weighted by atomic mass is 10.1. The first-order chi connectivity index (χ1) is 7.83. The number of H-pyrrole nitrogens is 1. The minimum Gasteiger partial charge on any atom is -0.361 e. The van der Waals surface area contributed by atoms with E-state index in [1.54, 1.807) is 0 Å². The Morgan fingerprint density at radius 2 is 2.19 bits per heavy atom. The fourth-order valence-electron chi connectivity index (χ4n) is 2.24. The fraction of sp³-hybridized carbons (Fsp3) is 0.385. The van der Waals surface area contributed by atoms with E-state index in [4.69, 9.17) is 0 Å². The van der Waals surface area contributed by atoms with Gasteiger partial charge in [-0.05, 0) is 49.7 Å². The number of likely N-dealkylation sites (tertiary alicyclic amines) is 1. The van der Waals surface area contributed by atoms with Gasteiger partial charge in [0.1, 0.15) is 0 Å². The predicted molar refractivity (Wildman–Crippen MR) is 70.8 cm³/mol. The number of aromatic amines is 1. The van der Waals surface area contributed by atoms with Gasteiger partial charge in [0.2, 0.25) is 0 Å². The molecule has 1 aliphatic heterocycles. The molecule has 1 aliphatic rings. The molecule has 1 N–H and O–H groups in total. The SMILES string of the molecule is Brc1ccc2[nH]cc(CCN3CCC3)c2c1. The van der Waals surface area contributed by atoms with Gasteiger partial charge in [0.15, 0.2) is 0 Å². The number of nitrogens with zero attached hydrogens (tertiary/aromatic N) is 1. The van der Waals surface area contributed by atoms with E-state index in [1.807, 2.05) is 0 Å². The Morgan fingerprint density at radius 1 is 1.31 bits per heavy atom. The van der Waals surface area contributed by atoms with E-state index in [1.165, 1.54) is 42.5 Å². The molecule has 2 heterocycles. The van der Waals surface area contributed by atoms with Crippen molar-refractivity contribution in [3.63, 3.8) is 0 Å². The van der Waals surface area contributed by atoms with E-state index in [2.05, 4.69) is 50.2 Å². The summed E-state index contributed by atoms with van der Waals surface area (Å²) in [5.41, 5.74) is 2.67. The average Bonchev–Trinajstić information content (AvgIpc) is 2.59. The highest BCUT2D eigenvalue weighted by atomic mass is 79.9. The van der Waals surface area contributed by atoms with Gasteiger partial charge in [-0.25, -0.2) is 0 Å². The van der Waals surface area contributed by atoms with Crippen LogP contribution in [0.1, 0.15) is 12.0 Å². The van der Waals surface area contributed by atoms with Gasteiger partial charge in [-0.3, -0.25) is 0 Å². The van der Waals surface area contributed by atoms with Crippen LogP contribution in [-0.2, 0) is 6.42 Å².